The third-order valence-electron chi connectivity index (χ3n) is 4.05. The molecule has 1 aromatic heterocycles. The van der Waals surface area contributed by atoms with Gasteiger partial charge >= 0.3 is 0 Å². The summed E-state index contributed by atoms with van der Waals surface area (Å²) in [5, 5.41) is 4.02. The van der Waals surface area contributed by atoms with Gasteiger partial charge in [-0.05, 0) is 32.1 Å². The van der Waals surface area contributed by atoms with E-state index in [0.717, 1.165) is 31.6 Å². The molecule has 1 fully saturated rings. The molecule has 1 saturated heterocycles. The third kappa shape index (κ3) is 3.26. The standard InChI is InChI=1S/C15H21N3O2/c19-15-7-4-9-18(15)10-8-13-16-14(20-17-13)11-12-5-2-1-3-6-12/h5H,1-4,6-11H2. The van der Waals surface area contributed by atoms with Crippen LogP contribution in [-0.4, -0.2) is 34.0 Å². The second-order valence-corrected chi connectivity index (χ2v) is 5.62. The van der Waals surface area contributed by atoms with Crippen LogP contribution < -0.4 is 0 Å². The number of hydrogen-bond acceptors (Lipinski definition) is 4. The van der Waals surface area contributed by atoms with E-state index < -0.39 is 0 Å². The summed E-state index contributed by atoms with van der Waals surface area (Å²) in [4.78, 5) is 17.8. The zero-order valence-electron chi connectivity index (χ0n) is 11.8. The van der Waals surface area contributed by atoms with E-state index >= 15 is 0 Å². The zero-order chi connectivity index (χ0) is 13.8. The molecule has 20 heavy (non-hydrogen) atoms. The molecule has 1 amide bonds. The van der Waals surface area contributed by atoms with Crippen molar-refractivity contribution in [3.8, 4) is 0 Å². The molecule has 0 saturated carbocycles. The zero-order valence-corrected chi connectivity index (χ0v) is 11.8. The average molecular weight is 275 g/mol. The van der Waals surface area contributed by atoms with Gasteiger partial charge in [0.15, 0.2) is 5.82 Å². The largest absolute Gasteiger partial charge is 0.342 e. The fourth-order valence-electron chi connectivity index (χ4n) is 2.90. The van der Waals surface area contributed by atoms with Gasteiger partial charge in [0.1, 0.15) is 0 Å². The van der Waals surface area contributed by atoms with Gasteiger partial charge in [0.25, 0.3) is 0 Å². The van der Waals surface area contributed by atoms with Gasteiger partial charge in [0, 0.05) is 32.4 Å². The van der Waals surface area contributed by atoms with Crippen LogP contribution in [0.4, 0.5) is 0 Å². The van der Waals surface area contributed by atoms with Crippen LogP contribution in [0.15, 0.2) is 16.2 Å². The number of carbonyl (C=O) groups excluding carboxylic acids is 1. The van der Waals surface area contributed by atoms with E-state index in [0.29, 0.717) is 25.3 Å². The summed E-state index contributed by atoms with van der Waals surface area (Å²) < 4.78 is 5.30. The van der Waals surface area contributed by atoms with Gasteiger partial charge in [-0.15, -0.1) is 0 Å². The van der Waals surface area contributed by atoms with Crippen LogP contribution in [0.2, 0.25) is 0 Å². The Kier molecular flexibility index (Phi) is 4.14. The predicted octanol–water partition coefficient (Wildman–Crippen LogP) is 2.28. The highest BCUT2D eigenvalue weighted by Gasteiger charge is 2.20. The Bertz CT molecular complexity index is 507. The summed E-state index contributed by atoms with van der Waals surface area (Å²) in [6.45, 7) is 1.58. The summed E-state index contributed by atoms with van der Waals surface area (Å²) in [7, 11) is 0. The number of amides is 1. The molecule has 0 aromatic carbocycles. The number of rotatable bonds is 5. The van der Waals surface area contributed by atoms with Crippen molar-refractivity contribution in [1.82, 2.24) is 15.0 Å². The first-order chi connectivity index (χ1) is 9.81. The molecule has 0 unspecified atom stereocenters. The molecular formula is C15H21N3O2. The van der Waals surface area contributed by atoms with Crippen molar-refractivity contribution in [1.29, 1.82) is 0 Å². The fourth-order valence-corrected chi connectivity index (χ4v) is 2.90. The minimum atomic E-state index is 0.251. The molecule has 3 rings (SSSR count). The highest BCUT2D eigenvalue weighted by Crippen LogP contribution is 2.20. The number of likely N-dealkylation sites (tertiary alicyclic amines) is 1. The van der Waals surface area contributed by atoms with Gasteiger partial charge in [-0.2, -0.15) is 4.98 Å². The van der Waals surface area contributed by atoms with Gasteiger partial charge < -0.3 is 9.42 Å². The lowest BCUT2D eigenvalue weighted by molar-refractivity contribution is -0.127. The third-order valence-corrected chi connectivity index (χ3v) is 4.05. The predicted molar refractivity (Wildman–Crippen MR) is 74.1 cm³/mol. The van der Waals surface area contributed by atoms with Gasteiger partial charge in [-0.3, -0.25) is 4.79 Å². The van der Waals surface area contributed by atoms with Gasteiger partial charge in [0.2, 0.25) is 11.8 Å². The smallest absolute Gasteiger partial charge is 0.230 e. The Morgan fingerprint density at radius 1 is 1.25 bits per heavy atom. The van der Waals surface area contributed by atoms with Crippen molar-refractivity contribution >= 4 is 5.91 Å². The summed E-state index contributed by atoms with van der Waals surface area (Å²) >= 11 is 0. The van der Waals surface area contributed by atoms with Crippen molar-refractivity contribution in [3.05, 3.63) is 23.4 Å². The van der Waals surface area contributed by atoms with Crippen LogP contribution in [0.25, 0.3) is 0 Å². The number of hydrogen-bond donors (Lipinski definition) is 0. The first-order valence-corrected chi connectivity index (χ1v) is 7.58. The molecule has 5 heteroatoms. The summed E-state index contributed by atoms with van der Waals surface area (Å²) in [6.07, 6.45) is 10.3. The van der Waals surface area contributed by atoms with Crippen molar-refractivity contribution in [2.24, 2.45) is 0 Å². The van der Waals surface area contributed by atoms with E-state index in [1.54, 1.807) is 0 Å². The molecule has 0 atom stereocenters. The molecule has 0 radical (unpaired) electrons. The topological polar surface area (TPSA) is 59.2 Å². The van der Waals surface area contributed by atoms with E-state index in [-0.39, 0.29) is 5.91 Å². The summed E-state index contributed by atoms with van der Waals surface area (Å²) in [5.41, 5.74) is 1.42. The molecule has 1 aliphatic carbocycles. The van der Waals surface area contributed by atoms with Crippen LogP contribution in [-0.2, 0) is 17.6 Å². The summed E-state index contributed by atoms with van der Waals surface area (Å²) in [5.74, 6) is 1.68. The van der Waals surface area contributed by atoms with E-state index in [1.165, 1.54) is 24.8 Å². The molecule has 1 aromatic rings. The number of aromatic nitrogens is 2. The van der Waals surface area contributed by atoms with Crippen LogP contribution in [0.3, 0.4) is 0 Å². The molecule has 0 N–H and O–H groups in total. The quantitative estimate of drug-likeness (QED) is 0.773. The second kappa shape index (κ2) is 6.20. The van der Waals surface area contributed by atoms with Crippen molar-refractivity contribution < 1.29 is 9.32 Å². The lowest BCUT2D eigenvalue weighted by Crippen LogP contribution is -2.27. The van der Waals surface area contributed by atoms with E-state index in [9.17, 15) is 4.79 Å². The van der Waals surface area contributed by atoms with E-state index in [2.05, 4.69) is 16.2 Å². The van der Waals surface area contributed by atoms with Crippen molar-refractivity contribution in [3.63, 3.8) is 0 Å². The molecule has 5 nitrogen and oxygen atoms in total. The molecular weight excluding hydrogens is 254 g/mol. The van der Waals surface area contributed by atoms with Crippen molar-refractivity contribution in [2.45, 2.75) is 51.4 Å². The minimum absolute atomic E-state index is 0.251. The molecule has 2 heterocycles. The lowest BCUT2D eigenvalue weighted by Gasteiger charge is -2.13. The van der Waals surface area contributed by atoms with Crippen LogP contribution >= 0.6 is 0 Å². The average Bonchev–Trinajstić information content (AvgIpc) is 3.07. The highest BCUT2D eigenvalue weighted by atomic mass is 16.5. The highest BCUT2D eigenvalue weighted by molar-refractivity contribution is 5.78. The summed E-state index contributed by atoms with van der Waals surface area (Å²) in [6, 6.07) is 0. The minimum Gasteiger partial charge on any atom is -0.342 e. The van der Waals surface area contributed by atoms with Gasteiger partial charge in [-0.1, -0.05) is 16.8 Å². The molecule has 0 bridgehead atoms. The van der Waals surface area contributed by atoms with Crippen LogP contribution in [0, 0.1) is 0 Å². The fraction of sp³-hybridized carbons (Fsp3) is 0.667. The van der Waals surface area contributed by atoms with Crippen LogP contribution in [0.5, 0.6) is 0 Å². The molecule has 1 aliphatic heterocycles. The second-order valence-electron chi connectivity index (χ2n) is 5.62. The maximum atomic E-state index is 11.5. The normalized spacial score (nSPS) is 19.5. The van der Waals surface area contributed by atoms with Gasteiger partial charge in [-0.25, -0.2) is 0 Å². The molecule has 2 aliphatic rings. The van der Waals surface area contributed by atoms with Crippen molar-refractivity contribution in [2.75, 3.05) is 13.1 Å². The SMILES string of the molecule is O=C1CCCN1CCc1noc(CC2=CCCCC2)n1. The Balaban J connectivity index is 1.51. The molecule has 0 spiro atoms. The number of nitrogens with zero attached hydrogens (tertiary/aromatic N) is 3. The first kappa shape index (κ1) is 13.3. The van der Waals surface area contributed by atoms with E-state index in [1.807, 2.05) is 4.90 Å². The Morgan fingerprint density at radius 3 is 2.95 bits per heavy atom. The van der Waals surface area contributed by atoms with Gasteiger partial charge in [0.05, 0.1) is 0 Å². The van der Waals surface area contributed by atoms with E-state index in [4.69, 9.17) is 4.52 Å². The first-order valence-electron chi connectivity index (χ1n) is 7.58. The maximum absolute atomic E-state index is 11.5. The molecule has 108 valence electrons. The Morgan fingerprint density at radius 2 is 2.20 bits per heavy atom. The number of carbonyl (C=O) groups is 1. The van der Waals surface area contributed by atoms with Crippen LogP contribution in [0.1, 0.15) is 50.2 Å². The lowest BCUT2D eigenvalue weighted by atomic mass is 9.97. The monoisotopic (exact) mass is 275 g/mol. The Labute approximate surface area is 119 Å². The maximum Gasteiger partial charge on any atom is 0.230 e. The Hall–Kier alpha value is -1.65. The number of allylic oxidation sites excluding steroid dienone is 2.